The van der Waals surface area contributed by atoms with Gasteiger partial charge < -0.3 is 10.6 Å². The van der Waals surface area contributed by atoms with Crippen molar-refractivity contribution in [2.45, 2.75) is 6.54 Å². The van der Waals surface area contributed by atoms with Crippen molar-refractivity contribution in [3.63, 3.8) is 0 Å². The summed E-state index contributed by atoms with van der Waals surface area (Å²) in [6.07, 6.45) is 1.63. The topological polar surface area (TPSA) is 95.6 Å². The number of rotatable bonds is 5. The van der Waals surface area contributed by atoms with Gasteiger partial charge in [0.1, 0.15) is 11.6 Å². The van der Waals surface area contributed by atoms with Gasteiger partial charge in [0.25, 0.3) is 5.91 Å². The third kappa shape index (κ3) is 2.96. The second kappa shape index (κ2) is 6.35. The van der Waals surface area contributed by atoms with E-state index < -0.39 is 0 Å². The highest BCUT2D eigenvalue weighted by molar-refractivity contribution is 7.13. The van der Waals surface area contributed by atoms with Crippen molar-refractivity contribution in [1.82, 2.24) is 25.5 Å². The summed E-state index contributed by atoms with van der Waals surface area (Å²) < 4.78 is 0. The monoisotopic (exact) mass is 314 g/mol. The number of nitrogens with one attached hydrogen (secondary N) is 3. The highest BCUT2D eigenvalue weighted by atomic mass is 32.1. The van der Waals surface area contributed by atoms with Gasteiger partial charge in [-0.25, -0.2) is 9.97 Å². The number of aromatic nitrogens is 4. The second-order valence-corrected chi connectivity index (χ2v) is 5.36. The highest BCUT2D eigenvalue weighted by Crippen LogP contribution is 2.20. The van der Waals surface area contributed by atoms with Gasteiger partial charge in [-0.1, -0.05) is 6.07 Å². The van der Waals surface area contributed by atoms with E-state index >= 15 is 0 Å². The minimum Gasteiger partial charge on any atom is -0.362 e. The first-order chi connectivity index (χ1) is 10.8. The van der Waals surface area contributed by atoms with E-state index in [2.05, 4.69) is 30.8 Å². The van der Waals surface area contributed by atoms with Crippen LogP contribution in [0.3, 0.4) is 0 Å². The molecule has 3 aromatic heterocycles. The third-order valence-electron chi connectivity index (χ3n) is 2.98. The number of H-pyrrole nitrogens is 1. The molecule has 7 nitrogen and oxygen atoms in total. The minimum atomic E-state index is -0.188. The molecule has 0 aromatic carbocycles. The zero-order valence-electron chi connectivity index (χ0n) is 11.8. The van der Waals surface area contributed by atoms with Gasteiger partial charge in [-0.05, 0) is 23.6 Å². The Kier molecular flexibility index (Phi) is 4.10. The van der Waals surface area contributed by atoms with Gasteiger partial charge in [0.15, 0.2) is 5.82 Å². The van der Waals surface area contributed by atoms with Crippen LogP contribution < -0.4 is 10.6 Å². The molecule has 0 saturated heterocycles. The summed E-state index contributed by atoms with van der Waals surface area (Å²) >= 11 is 1.58. The third-order valence-corrected chi connectivity index (χ3v) is 3.84. The van der Waals surface area contributed by atoms with Crippen molar-refractivity contribution in [2.24, 2.45) is 0 Å². The van der Waals surface area contributed by atoms with E-state index in [9.17, 15) is 4.79 Å². The largest absolute Gasteiger partial charge is 0.362 e. The summed E-state index contributed by atoms with van der Waals surface area (Å²) in [6, 6.07) is 7.36. The van der Waals surface area contributed by atoms with Crippen LogP contribution in [0.25, 0.3) is 10.7 Å². The fourth-order valence-electron chi connectivity index (χ4n) is 1.92. The molecule has 3 heterocycles. The number of amides is 1. The van der Waals surface area contributed by atoms with Gasteiger partial charge in [0.05, 0.1) is 17.0 Å². The number of thiophene rings is 1. The van der Waals surface area contributed by atoms with E-state index in [1.807, 2.05) is 17.5 Å². The van der Waals surface area contributed by atoms with Crippen molar-refractivity contribution in [1.29, 1.82) is 0 Å². The van der Waals surface area contributed by atoms with Crippen LogP contribution in [0.1, 0.15) is 16.2 Å². The lowest BCUT2D eigenvalue weighted by molar-refractivity contribution is 0.0963. The van der Waals surface area contributed by atoms with Crippen LogP contribution >= 0.6 is 11.3 Å². The Labute approximate surface area is 130 Å². The van der Waals surface area contributed by atoms with E-state index in [-0.39, 0.29) is 5.91 Å². The number of hydrogen-bond donors (Lipinski definition) is 3. The molecule has 0 saturated carbocycles. The average molecular weight is 314 g/mol. The number of anilines is 1. The van der Waals surface area contributed by atoms with Gasteiger partial charge in [-0.3, -0.25) is 9.89 Å². The molecule has 8 heteroatoms. The zero-order chi connectivity index (χ0) is 15.4. The van der Waals surface area contributed by atoms with Crippen LogP contribution in [0.2, 0.25) is 0 Å². The molecule has 0 atom stereocenters. The Morgan fingerprint density at radius 3 is 3.05 bits per heavy atom. The molecule has 1 amide bonds. The lowest BCUT2D eigenvalue weighted by Gasteiger charge is -2.08. The van der Waals surface area contributed by atoms with Crippen LogP contribution in [0, 0.1) is 0 Å². The lowest BCUT2D eigenvalue weighted by Crippen LogP contribution is -2.20. The Hall–Kier alpha value is -2.74. The van der Waals surface area contributed by atoms with Crippen LogP contribution in [-0.4, -0.2) is 33.1 Å². The van der Waals surface area contributed by atoms with Crippen molar-refractivity contribution in [3.05, 3.63) is 47.2 Å². The standard InChI is InChI=1S/C14H14N6OS/c1-15-14(21)9-4-2-6-16-12(9)17-8-11-18-13(20-19-11)10-5-3-7-22-10/h2-7H,8H2,1H3,(H,15,21)(H,16,17)(H,18,19,20). The molecule has 0 fully saturated rings. The van der Waals surface area contributed by atoms with Crippen molar-refractivity contribution >= 4 is 23.1 Å². The maximum Gasteiger partial charge on any atom is 0.254 e. The molecular weight excluding hydrogens is 300 g/mol. The smallest absolute Gasteiger partial charge is 0.254 e. The van der Waals surface area contributed by atoms with Crippen LogP contribution in [0.5, 0.6) is 0 Å². The van der Waals surface area contributed by atoms with Crippen LogP contribution in [0.4, 0.5) is 5.82 Å². The lowest BCUT2D eigenvalue weighted by atomic mass is 10.2. The zero-order valence-corrected chi connectivity index (χ0v) is 12.6. The van der Waals surface area contributed by atoms with Crippen LogP contribution in [-0.2, 0) is 6.54 Å². The summed E-state index contributed by atoms with van der Waals surface area (Å²) in [7, 11) is 1.59. The van der Waals surface area contributed by atoms with E-state index in [1.54, 1.807) is 36.7 Å². The highest BCUT2D eigenvalue weighted by Gasteiger charge is 2.11. The Morgan fingerprint density at radius 2 is 2.27 bits per heavy atom. The summed E-state index contributed by atoms with van der Waals surface area (Å²) in [5, 5.41) is 14.7. The molecule has 0 spiro atoms. The molecule has 3 rings (SSSR count). The molecule has 0 aliphatic carbocycles. The van der Waals surface area contributed by atoms with Crippen molar-refractivity contribution in [3.8, 4) is 10.7 Å². The Morgan fingerprint density at radius 1 is 1.36 bits per heavy atom. The molecule has 112 valence electrons. The number of carbonyl (C=O) groups excluding carboxylic acids is 1. The second-order valence-electron chi connectivity index (χ2n) is 4.42. The average Bonchev–Trinajstić information content (AvgIpc) is 3.23. The summed E-state index contributed by atoms with van der Waals surface area (Å²) in [5.74, 6) is 1.67. The van der Waals surface area contributed by atoms with E-state index in [0.717, 1.165) is 4.88 Å². The molecule has 0 unspecified atom stereocenters. The molecular formula is C14H14N6OS. The molecule has 3 N–H and O–H groups in total. The predicted octanol–water partition coefficient (Wildman–Crippen LogP) is 1.90. The van der Waals surface area contributed by atoms with Crippen molar-refractivity contribution < 1.29 is 4.79 Å². The Balaban J connectivity index is 1.72. The summed E-state index contributed by atoms with van der Waals surface area (Å²) in [5.41, 5.74) is 0.489. The normalized spacial score (nSPS) is 10.4. The number of aromatic amines is 1. The van der Waals surface area contributed by atoms with E-state index in [4.69, 9.17) is 0 Å². The SMILES string of the molecule is CNC(=O)c1cccnc1NCc1nc(-c2cccs2)n[nH]1. The molecule has 0 radical (unpaired) electrons. The van der Waals surface area contributed by atoms with Gasteiger partial charge in [-0.2, -0.15) is 5.10 Å². The number of nitrogens with zero attached hydrogens (tertiary/aromatic N) is 3. The van der Waals surface area contributed by atoms with Gasteiger partial charge >= 0.3 is 0 Å². The van der Waals surface area contributed by atoms with Gasteiger partial charge in [-0.15, -0.1) is 11.3 Å². The fourth-order valence-corrected chi connectivity index (χ4v) is 2.58. The Bertz CT molecular complexity index is 767. The predicted molar refractivity (Wildman–Crippen MR) is 84.6 cm³/mol. The minimum absolute atomic E-state index is 0.188. The van der Waals surface area contributed by atoms with Crippen LogP contribution in [0.15, 0.2) is 35.8 Å². The molecule has 22 heavy (non-hydrogen) atoms. The first kappa shape index (κ1) is 14.2. The summed E-state index contributed by atoms with van der Waals surface area (Å²) in [6.45, 7) is 0.402. The molecule has 3 aromatic rings. The van der Waals surface area contributed by atoms with Gasteiger partial charge in [0, 0.05) is 13.2 Å². The number of hydrogen-bond acceptors (Lipinski definition) is 6. The number of carbonyl (C=O) groups is 1. The van der Waals surface area contributed by atoms with Gasteiger partial charge in [0.2, 0.25) is 0 Å². The first-order valence-electron chi connectivity index (χ1n) is 6.64. The van der Waals surface area contributed by atoms with E-state index in [0.29, 0.717) is 29.6 Å². The molecule has 0 aliphatic heterocycles. The van der Waals surface area contributed by atoms with E-state index in [1.165, 1.54) is 0 Å². The fraction of sp³-hybridized carbons (Fsp3) is 0.143. The maximum absolute atomic E-state index is 11.8. The molecule has 0 bridgehead atoms. The maximum atomic E-state index is 11.8. The number of pyridine rings is 1. The molecule has 0 aliphatic rings. The quantitative estimate of drug-likeness (QED) is 0.668. The summed E-state index contributed by atoms with van der Waals surface area (Å²) in [4.78, 5) is 21.4. The first-order valence-corrected chi connectivity index (χ1v) is 7.52. The van der Waals surface area contributed by atoms with Crippen molar-refractivity contribution in [2.75, 3.05) is 12.4 Å².